The van der Waals surface area contributed by atoms with Crippen molar-refractivity contribution in [3.8, 4) is 0 Å². The summed E-state index contributed by atoms with van der Waals surface area (Å²) in [4.78, 5) is 10.7. The predicted molar refractivity (Wildman–Crippen MR) is 64.1 cm³/mol. The molecule has 0 aliphatic heterocycles. The molecule has 0 spiro atoms. The number of benzene rings is 1. The zero-order valence-electron chi connectivity index (χ0n) is 9.49. The van der Waals surface area contributed by atoms with Crippen molar-refractivity contribution in [2.24, 2.45) is 5.92 Å². The van der Waals surface area contributed by atoms with Crippen molar-refractivity contribution in [3.05, 3.63) is 35.5 Å². The molecule has 2 aromatic rings. The third-order valence-corrected chi connectivity index (χ3v) is 3.16. The van der Waals surface area contributed by atoms with Crippen molar-refractivity contribution in [3.63, 3.8) is 0 Å². The van der Waals surface area contributed by atoms with Crippen molar-refractivity contribution < 1.29 is 23.1 Å². The number of aromatic nitrogens is 1. The molecule has 2 rings (SSSR count). The Balaban J connectivity index is 2.40. The average Bonchev–Trinajstić information content (AvgIpc) is 2.68. The van der Waals surface area contributed by atoms with E-state index in [2.05, 4.69) is 0 Å². The summed E-state index contributed by atoms with van der Waals surface area (Å²) < 4.78 is 39.1. The fourth-order valence-corrected chi connectivity index (χ4v) is 2.10. The maximum atomic E-state index is 12.6. The Morgan fingerprint density at radius 3 is 2.63 bits per heavy atom. The summed E-state index contributed by atoms with van der Waals surface area (Å²) in [7, 11) is 0. The Hall–Kier alpha value is -1.69. The van der Waals surface area contributed by atoms with Gasteiger partial charge in [-0.05, 0) is 18.2 Å². The van der Waals surface area contributed by atoms with Crippen molar-refractivity contribution in [2.75, 3.05) is 0 Å². The quantitative estimate of drug-likeness (QED) is 0.939. The molecule has 102 valence electrons. The first-order valence-electron chi connectivity index (χ1n) is 5.33. The summed E-state index contributed by atoms with van der Waals surface area (Å²) in [6, 6.07) is 6.38. The van der Waals surface area contributed by atoms with Gasteiger partial charge in [0.05, 0.1) is 0 Å². The molecule has 1 aromatic heterocycles. The molecule has 7 heteroatoms. The number of alkyl halides is 3. The Bertz CT molecular complexity index is 621. The van der Waals surface area contributed by atoms with Crippen LogP contribution in [-0.2, 0) is 11.3 Å². The molecule has 0 aliphatic carbocycles. The van der Waals surface area contributed by atoms with E-state index in [4.69, 9.17) is 16.7 Å². The number of hydrogen-bond acceptors (Lipinski definition) is 1. The Kier molecular flexibility index (Phi) is 3.45. The van der Waals surface area contributed by atoms with E-state index in [1.807, 2.05) is 0 Å². The zero-order valence-corrected chi connectivity index (χ0v) is 10.2. The molecule has 19 heavy (non-hydrogen) atoms. The highest BCUT2D eigenvalue weighted by molar-refractivity contribution is 6.35. The SMILES string of the molecule is O=C(O)C(Cn1ccc2c(Cl)cccc21)C(F)(F)F. The van der Waals surface area contributed by atoms with Gasteiger partial charge in [-0.2, -0.15) is 13.2 Å². The molecular formula is C12H9ClF3NO2. The number of hydrogen-bond donors (Lipinski definition) is 1. The molecule has 1 N–H and O–H groups in total. The van der Waals surface area contributed by atoms with Crippen LogP contribution in [0.5, 0.6) is 0 Å². The topological polar surface area (TPSA) is 42.2 Å². The smallest absolute Gasteiger partial charge is 0.403 e. The van der Waals surface area contributed by atoms with Crippen molar-refractivity contribution in [2.45, 2.75) is 12.7 Å². The second-order valence-electron chi connectivity index (χ2n) is 4.07. The maximum absolute atomic E-state index is 12.6. The molecule has 3 nitrogen and oxygen atoms in total. The van der Waals surface area contributed by atoms with E-state index in [1.165, 1.54) is 10.8 Å². The highest BCUT2D eigenvalue weighted by Gasteiger charge is 2.45. The van der Waals surface area contributed by atoms with Gasteiger partial charge < -0.3 is 9.67 Å². The third-order valence-electron chi connectivity index (χ3n) is 2.83. The van der Waals surface area contributed by atoms with Gasteiger partial charge in [-0.3, -0.25) is 4.79 Å². The minimum atomic E-state index is -4.79. The molecule has 0 aliphatic rings. The number of aliphatic carboxylic acids is 1. The van der Waals surface area contributed by atoms with Gasteiger partial charge >= 0.3 is 12.1 Å². The summed E-state index contributed by atoms with van der Waals surface area (Å²) in [6.07, 6.45) is -3.39. The highest BCUT2D eigenvalue weighted by Crippen LogP contribution is 2.30. The lowest BCUT2D eigenvalue weighted by Gasteiger charge is -2.17. The molecule has 0 radical (unpaired) electrons. The molecule has 1 atom stereocenters. The van der Waals surface area contributed by atoms with E-state index < -0.39 is 24.6 Å². The molecule has 0 bridgehead atoms. The molecule has 0 fully saturated rings. The van der Waals surface area contributed by atoms with Crippen LogP contribution in [0, 0.1) is 5.92 Å². The molecule has 0 saturated carbocycles. The van der Waals surface area contributed by atoms with E-state index in [0.29, 0.717) is 15.9 Å². The van der Waals surface area contributed by atoms with E-state index >= 15 is 0 Å². The van der Waals surface area contributed by atoms with Crippen molar-refractivity contribution in [1.29, 1.82) is 0 Å². The first-order valence-corrected chi connectivity index (χ1v) is 5.71. The Morgan fingerprint density at radius 1 is 1.37 bits per heavy atom. The number of rotatable bonds is 3. The summed E-state index contributed by atoms with van der Waals surface area (Å²) in [6.45, 7) is -0.678. The fraction of sp³-hybridized carbons (Fsp3) is 0.250. The lowest BCUT2D eigenvalue weighted by Crippen LogP contribution is -2.34. The summed E-state index contributed by atoms with van der Waals surface area (Å²) >= 11 is 5.91. The Morgan fingerprint density at radius 2 is 2.05 bits per heavy atom. The highest BCUT2D eigenvalue weighted by atomic mass is 35.5. The first kappa shape index (κ1) is 13.7. The molecule has 0 amide bonds. The van der Waals surface area contributed by atoms with E-state index in [-0.39, 0.29) is 0 Å². The Labute approximate surface area is 111 Å². The zero-order chi connectivity index (χ0) is 14.2. The van der Waals surface area contributed by atoms with E-state index in [1.54, 1.807) is 24.3 Å². The molecule has 1 heterocycles. The van der Waals surface area contributed by atoms with Gasteiger partial charge in [0.2, 0.25) is 0 Å². The molecular weight excluding hydrogens is 283 g/mol. The van der Waals surface area contributed by atoms with Gasteiger partial charge in [-0.15, -0.1) is 0 Å². The average molecular weight is 292 g/mol. The van der Waals surface area contributed by atoms with Gasteiger partial charge in [-0.25, -0.2) is 0 Å². The minimum absolute atomic E-state index is 0.412. The van der Waals surface area contributed by atoms with Crippen LogP contribution in [0.2, 0.25) is 5.02 Å². The maximum Gasteiger partial charge on any atom is 0.403 e. The van der Waals surface area contributed by atoms with Gasteiger partial charge in [0.25, 0.3) is 0 Å². The van der Waals surface area contributed by atoms with Gasteiger partial charge in [0, 0.05) is 28.7 Å². The number of carboxylic acids is 1. The van der Waals surface area contributed by atoms with Crippen LogP contribution in [0.1, 0.15) is 0 Å². The number of halogens is 4. The monoisotopic (exact) mass is 291 g/mol. The summed E-state index contributed by atoms with van der Waals surface area (Å²) in [5.41, 5.74) is 0.475. The molecule has 0 saturated heterocycles. The van der Waals surface area contributed by atoms with Crippen LogP contribution in [0.4, 0.5) is 13.2 Å². The third kappa shape index (κ3) is 2.68. The first-order chi connectivity index (χ1) is 8.80. The van der Waals surface area contributed by atoms with Gasteiger partial charge in [0.15, 0.2) is 5.92 Å². The van der Waals surface area contributed by atoms with Crippen LogP contribution in [-0.4, -0.2) is 21.8 Å². The normalized spacial score (nSPS) is 13.7. The van der Waals surface area contributed by atoms with Crippen LogP contribution in [0.25, 0.3) is 10.9 Å². The minimum Gasteiger partial charge on any atom is -0.481 e. The number of carboxylic acid groups (broad SMARTS) is 1. The van der Waals surface area contributed by atoms with E-state index in [9.17, 15) is 18.0 Å². The van der Waals surface area contributed by atoms with E-state index in [0.717, 1.165) is 0 Å². The lowest BCUT2D eigenvalue weighted by atomic mass is 10.1. The predicted octanol–water partition coefficient (Wildman–Crippen LogP) is 3.56. The standard InChI is InChI=1S/C12H9ClF3NO2/c13-9-2-1-3-10-7(9)4-5-17(10)6-8(11(18)19)12(14,15)16/h1-5,8H,6H2,(H,18,19). The lowest BCUT2D eigenvalue weighted by molar-refractivity contribution is -0.195. The van der Waals surface area contributed by atoms with Gasteiger partial charge in [-0.1, -0.05) is 17.7 Å². The fourth-order valence-electron chi connectivity index (χ4n) is 1.86. The molecule has 1 aromatic carbocycles. The number of nitrogens with zero attached hydrogens (tertiary/aromatic N) is 1. The van der Waals surface area contributed by atoms with Gasteiger partial charge in [0.1, 0.15) is 0 Å². The van der Waals surface area contributed by atoms with Crippen LogP contribution < -0.4 is 0 Å². The second-order valence-corrected chi connectivity index (χ2v) is 4.48. The summed E-state index contributed by atoms with van der Waals surface area (Å²) in [5.74, 6) is -4.33. The molecule has 1 unspecified atom stereocenters. The van der Waals surface area contributed by atoms with Crippen molar-refractivity contribution >= 4 is 28.5 Å². The van der Waals surface area contributed by atoms with Crippen molar-refractivity contribution in [1.82, 2.24) is 4.57 Å². The van der Waals surface area contributed by atoms with Crippen LogP contribution in [0.3, 0.4) is 0 Å². The summed E-state index contributed by atoms with van der Waals surface area (Å²) in [5, 5.41) is 9.68. The van der Waals surface area contributed by atoms with Crippen LogP contribution in [0.15, 0.2) is 30.5 Å². The number of carbonyl (C=O) groups is 1. The largest absolute Gasteiger partial charge is 0.481 e. The second kappa shape index (κ2) is 4.77. The number of fused-ring (bicyclic) bond motifs is 1. The van der Waals surface area contributed by atoms with Crippen LogP contribution >= 0.6 is 11.6 Å².